The van der Waals surface area contributed by atoms with Gasteiger partial charge in [0.1, 0.15) is 5.82 Å². The zero-order valence-electron chi connectivity index (χ0n) is 12.1. The molecule has 0 aliphatic heterocycles. The Hall–Kier alpha value is -1.52. The third-order valence-electron chi connectivity index (χ3n) is 3.28. The van der Waals surface area contributed by atoms with Gasteiger partial charge in [0.15, 0.2) is 0 Å². The maximum atomic E-state index is 6.11. The monoisotopic (exact) mass is 293 g/mol. The molecule has 0 saturated carbocycles. The van der Waals surface area contributed by atoms with Gasteiger partial charge in [-0.05, 0) is 19.1 Å². The normalized spacial score (nSPS) is 10.8. The Morgan fingerprint density at radius 3 is 2.60 bits per heavy atom. The first-order valence-corrected chi connectivity index (χ1v) is 7.12. The first-order chi connectivity index (χ1) is 9.69. The quantitative estimate of drug-likeness (QED) is 0.767. The lowest BCUT2D eigenvalue weighted by atomic mass is 10.2. The number of benzene rings is 1. The van der Waals surface area contributed by atoms with Gasteiger partial charge < -0.3 is 9.64 Å². The Bertz CT molecular complexity index is 554. The van der Waals surface area contributed by atoms with E-state index in [2.05, 4.69) is 10.00 Å². The van der Waals surface area contributed by atoms with E-state index in [0.717, 1.165) is 29.3 Å². The number of ether oxygens (including phenoxy) is 1. The van der Waals surface area contributed by atoms with Gasteiger partial charge in [0, 0.05) is 26.3 Å². The standard InChI is InChI=1S/C15H20ClN3O/c1-12-14(11-16)15(18(2)9-10-20-3)19(17-12)13-7-5-4-6-8-13/h4-8H,9-11H2,1-3H3. The maximum absolute atomic E-state index is 6.11. The lowest BCUT2D eigenvalue weighted by Crippen LogP contribution is -2.25. The number of halogens is 1. The molecule has 2 aromatic rings. The van der Waals surface area contributed by atoms with E-state index in [0.29, 0.717) is 12.5 Å². The van der Waals surface area contributed by atoms with Crippen LogP contribution in [-0.4, -0.2) is 37.1 Å². The summed E-state index contributed by atoms with van der Waals surface area (Å²) in [6.07, 6.45) is 0. The van der Waals surface area contributed by atoms with Crippen LogP contribution in [-0.2, 0) is 10.6 Å². The zero-order chi connectivity index (χ0) is 14.5. The molecule has 0 amide bonds. The van der Waals surface area contributed by atoms with Crippen molar-refractivity contribution in [3.8, 4) is 5.69 Å². The molecule has 0 unspecified atom stereocenters. The van der Waals surface area contributed by atoms with Crippen LogP contribution in [0.4, 0.5) is 5.82 Å². The minimum Gasteiger partial charge on any atom is -0.383 e. The Labute approximate surface area is 124 Å². The first-order valence-electron chi connectivity index (χ1n) is 6.59. The molecule has 4 nitrogen and oxygen atoms in total. The van der Waals surface area contributed by atoms with Crippen molar-refractivity contribution >= 4 is 17.4 Å². The summed E-state index contributed by atoms with van der Waals surface area (Å²) < 4.78 is 7.10. The van der Waals surface area contributed by atoms with Crippen molar-refractivity contribution in [1.29, 1.82) is 0 Å². The molecule has 1 aromatic heterocycles. The van der Waals surface area contributed by atoms with Gasteiger partial charge in [-0.25, -0.2) is 4.68 Å². The largest absolute Gasteiger partial charge is 0.383 e. The fourth-order valence-corrected chi connectivity index (χ4v) is 2.49. The van der Waals surface area contributed by atoms with E-state index in [1.165, 1.54) is 0 Å². The molecule has 20 heavy (non-hydrogen) atoms. The van der Waals surface area contributed by atoms with Gasteiger partial charge in [-0.3, -0.25) is 0 Å². The molecule has 0 bridgehead atoms. The molecular formula is C15H20ClN3O. The molecule has 0 fully saturated rings. The first kappa shape index (κ1) is 14.9. The van der Waals surface area contributed by atoms with Gasteiger partial charge >= 0.3 is 0 Å². The number of nitrogens with zero attached hydrogens (tertiary/aromatic N) is 3. The Morgan fingerprint density at radius 1 is 1.30 bits per heavy atom. The molecule has 0 saturated heterocycles. The summed E-state index contributed by atoms with van der Waals surface area (Å²) in [7, 11) is 3.74. The molecule has 108 valence electrons. The van der Waals surface area contributed by atoms with Gasteiger partial charge in [-0.2, -0.15) is 5.10 Å². The molecule has 0 aliphatic rings. The van der Waals surface area contributed by atoms with Crippen LogP contribution in [0.25, 0.3) is 5.69 Å². The number of aromatic nitrogens is 2. The van der Waals surface area contributed by atoms with Crippen LogP contribution in [0.3, 0.4) is 0 Å². The van der Waals surface area contributed by atoms with E-state index >= 15 is 0 Å². The SMILES string of the molecule is COCCN(C)c1c(CCl)c(C)nn1-c1ccccc1. The summed E-state index contributed by atoms with van der Waals surface area (Å²) in [6.45, 7) is 3.44. The Kier molecular flexibility index (Phi) is 5.04. The van der Waals surface area contributed by atoms with E-state index in [4.69, 9.17) is 16.3 Å². The average Bonchev–Trinajstić information content (AvgIpc) is 2.82. The third-order valence-corrected chi connectivity index (χ3v) is 3.55. The fraction of sp³-hybridized carbons (Fsp3) is 0.400. The van der Waals surface area contributed by atoms with Crippen molar-refractivity contribution in [3.63, 3.8) is 0 Å². The highest BCUT2D eigenvalue weighted by molar-refractivity contribution is 6.17. The summed E-state index contributed by atoms with van der Waals surface area (Å²) in [5.74, 6) is 1.48. The van der Waals surface area contributed by atoms with Crippen LogP contribution < -0.4 is 4.90 Å². The highest BCUT2D eigenvalue weighted by Gasteiger charge is 2.18. The molecule has 0 radical (unpaired) electrons. The van der Waals surface area contributed by atoms with Crippen molar-refractivity contribution in [3.05, 3.63) is 41.6 Å². The molecule has 0 spiro atoms. The minimum absolute atomic E-state index is 0.450. The van der Waals surface area contributed by atoms with Crippen LogP contribution in [0.2, 0.25) is 0 Å². The van der Waals surface area contributed by atoms with E-state index < -0.39 is 0 Å². The maximum Gasteiger partial charge on any atom is 0.136 e. The lowest BCUT2D eigenvalue weighted by Gasteiger charge is -2.21. The summed E-state index contributed by atoms with van der Waals surface area (Å²) in [5, 5.41) is 4.63. The van der Waals surface area contributed by atoms with Crippen molar-refractivity contribution in [2.75, 3.05) is 32.2 Å². The van der Waals surface area contributed by atoms with Crippen LogP contribution in [0, 0.1) is 6.92 Å². The molecule has 2 rings (SSSR count). The molecule has 0 atom stereocenters. The third kappa shape index (κ3) is 2.97. The van der Waals surface area contributed by atoms with Crippen LogP contribution in [0.5, 0.6) is 0 Å². The number of likely N-dealkylation sites (N-methyl/N-ethyl adjacent to an activating group) is 1. The number of aryl methyl sites for hydroxylation is 1. The summed E-state index contributed by atoms with van der Waals surface area (Å²) >= 11 is 6.11. The van der Waals surface area contributed by atoms with Crippen molar-refractivity contribution in [2.45, 2.75) is 12.8 Å². The smallest absolute Gasteiger partial charge is 0.136 e. The number of hydrogen-bond acceptors (Lipinski definition) is 3. The van der Waals surface area contributed by atoms with Crippen molar-refractivity contribution < 1.29 is 4.74 Å². The van der Waals surface area contributed by atoms with Gasteiger partial charge in [0.05, 0.1) is 23.9 Å². The summed E-state index contributed by atoms with van der Waals surface area (Å²) in [5.41, 5.74) is 3.06. The average molecular weight is 294 g/mol. The Morgan fingerprint density at radius 2 is 2.00 bits per heavy atom. The highest BCUT2D eigenvalue weighted by Crippen LogP contribution is 2.27. The number of rotatable bonds is 6. The predicted octanol–water partition coefficient (Wildman–Crippen LogP) is 3.00. The van der Waals surface area contributed by atoms with E-state index in [1.807, 2.05) is 49.0 Å². The van der Waals surface area contributed by atoms with E-state index in [-0.39, 0.29) is 0 Å². The number of hydrogen-bond donors (Lipinski definition) is 0. The zero-order valence-corrected chi connectivity index (χ0v) is 12.9. The topological polar surface area (TPSA) is 30.3 Å². The predicted molar refractivity (Wildman–Crippen MR) is 83.0 cm³/mol. The fourth-order valence-electron chi connectivity index (χ4n) is 2.18. The molecule has 0 N–H and O–H groups in total. The minimum atomic E-state index is 0.450. The second-order valence-electron chi connectivity index (χ2n) is 4.68. The molecule has 1 aromatic carbocycles. The van der Waals surface area contributed by atoms with Crippen molar-refractivity contribution in [1.82, 2.24) is 9.78 Å². The van der Waals surface area contributed by atoms with Gasteiger partial charge in [-0.1, -0.05) is 18.2 Å². The Balaban J connectivity index is 2.46. The van der Waals surface area contributed by atoms with Gasteiger partial charge in [0.25, 0.3) is 0 Å². The summed E-state index contributed by atoms with van der Waals surface area (Å²) in [6, 6.07) is 10.1. The second-order valence-corrected chi connectivity index (χ2v) is 4.95. The molecular weight excluding hydrogens is 274 g/mol. The van der Waals surface area contributed by atoms with Gasteiger partial charge in [0.2, 0.25) is 0 Å². The number of anilines is 1. The lowest BCUT2D eigenvalue weighted by molar-refractivity contribution is 0.206. The van der Waals surface area contributed by atoms with Gasteiger partial charge in [-0.15, -0.1) is 11.6 Å². The van der Waals surface area contributed by atoms with Crippen LogP contribution >= 0.6 is 11.6 Å². The molecule has 5 heteroatoms. The molecule has 0 aliphatic carbocycles. The number of methoxy groups -OCH3 is 1. The van der Waals surface area contributed by atoms with Crippen LogP contribution in [0.1, 0.15) is 11.3 Å². The van der Waals surface area contributed by atoms with Crippen molar-refractivity contribution in [2.24, 2.45) is 0 Å². The second kappa shape index (κ2) is 6.77. The van der Waals surface area contributed by atoms with Crippen LogP contribution in [0.15, 0.2) is 30.3 Å². The van der Waals surface area contributed by atoms with E-state index in [1.54, 1.807) is 7.11 Å². The summed E-state index contributed by atoms with van der Waals surface area (Å²) in [4.78, 5) is 2.13. The molecule has 1 heterocycles. The highest BCUT2D eigenvalue weighted by atomic mass is 35.5. The van der Waals surface area contributed by atoms with E-state index in [9.17, 15) is 0 Å². The number of alkyl halides is 1. The number of para-hydroxylation sites is 1.